The molecule has 1 aliphatic rings. The molecule has 1 fully saturated rings. The molecule has 0 saturated carbocycles. The van der Waals surface area contributed by atoms with Crippen LogP contribution in [-0.4, -0.2) is 33.3 Å². The third-order valence-corrected chi connectivity index (χ3v) is 4.99. The lowest BCUT2D eigenvalue weighted by atomic mass is 10.1. The van der Waals surface area contributed by atoms with Crippen LogP contribution in [0, 0.1) is 0 Å². The molecule has 0 radical (unpaired) electrons. The number of aromatic hydroxyl groups is 1. The van der Waals surface area contributed by atoms with Gasteiger partial charge in [-0.2, -0.15) is 0 Å². The quantitative estimate of drug-likeness (QED) is 0.827. The van der Waals surface area contributed by atoms with Crippen molar-refractivity contribution in [1.29, 1.82) is 0 Å². The van der Waals surface area contributed by atoms with Gasteiger partial charge in [0.05, 0.1) is 6.20 Å². The first-order valence-electron chi connectivity index (χ1n) is 7.62. The minimum Gasteiger partial charge on any atom is -0.506 e. The first-order valence-corrected chi connectivity index (χ1v) is 8.50. The van der Waals surface area contributed by atoms with E-state index < -0.39 is 0 Å². The Morgan fingerprint density at radius 3 is 2.59 bits per heavy atom. The number of hydrogen-bond donors (Lipinski definition) is 2. The molecular formula is C17H21N3OS. The van der Waals surface area contributed by atoms with E-state index in [2.05, 4.69) is 44.9 Å². The van der Waals surface area contributed by atoms with Crippen LogP contribution in [0.2, 0.25) is 0 Å². The van der Waals surface area contributed by atoms with Crippen molar-refractivity contribution in [3.05, 3.63) is 54.2 Å². The van der Waals surface area contributed by atoms with Crippen molar-refractivity contribution in [3.8, 4) is 5.75 Å². The second-order valence-electron chi connectivity index (χ2n) is 5.58. The number of aromatic nitrogens is 1. The maximum atomic E-state index is 9.22. The molecule has 0 amide bonds. The van der Waals surface area contributed by atoms with E-state index >= 15 is 0 Å². The summed E-state index contributed by atoms with van der Waals surface area (Å²) < 4.78 is 3.28. The van der Waals surface area contributed by atoms with E-state index in [0.717, 1.165) is 25.5 Å². The van der Waals surface area contributed by atoms with Gasteiger partial charge in [0.2, 0.25) is 0 Å². The lowest BCUT2D eigenvalue weighted by Crippen LogP contribution is -2.34. The summed E-state index contributed by atoms with van der Waals surface area (Å²) in [5.41, 5.74) is 1.39. The predicted molar refractivity (Wildman–Crippen MR) is 91.9 cm³/mol. The molecule has 3 rings (SSSR count). The van der Waals surface area contributed by atoms with Crippen LogP contribution in [0.15, 0.2) is 48.7 Å². The number of hydrogen-bond acceptors (Lipinski definition) is 5. The number of pyridine rings is 1. The fraction of sp³-hybridized carbons (Fsp3) is 0.353. The molecule has 1 aliphatic heterocycles. The van der Waals surface area contributed by atoms with E-state index in [-0.39, 0.29) is 5.75 Å². The molecule has 116 valence electrons. The Hall–Kier alpha value is -1.72. The molecule has 0 spiro atoms. The summed E-state index contributed by atoms with van der Waals surface area (Å²) in [6.45, 7) is 3.32. The zero-order valence-corrected chi connectivity index (χ0v) is 13.3. The Bertz CT molecular complexity index is 568. The Balaban J connectivity index is 1.41. The van der Waals surface area contributed by atoms with E-state index in [0.29, 0.717) is 5.25 Å². The highest BCUT2D eigenvalue weighted by Crippen LogP contribution is 2.25. The number of nitrogens with one attached hydrogen (secondary N) is 1. The number of rotatable bonds is 5. The summed E-state index contributed by atoms with van der Waals surface area (Å²) in [7, 11) is 0. The van der Waals surface area contributed by atoms with Crippen molar-refractivity contribution in [2.45, 2.75) is 24.6 Å². The van der Waals surface area contributed by atoms with Crippen LogP contribution in [-0.2, 0) is 6.54 Å². The Kier molecular flexibility index (Phi) is 5.19. The first kappa shape index (κ1) is 15.2. The molecule has 1 saturated heterocycles. The van der Waals surface area contributed by atoms with Gasteiger partial charge in [0, 0.05) is 11.8 Å². The molecule has 1 aromatic carbocycles. The average Bonchev–Trinajstić information content (AvgIpc) is 2.57. The number of likely N-dealkylation sites (tertiary alicyclic amines) is 1. The summed E-state index contributed by atoms with van der Waals surface area (Å²) >= 11 is 1.74. The average molecular weight is 315 g/mol. The zero-order valence-electron chi connectivity index (χ0n) is 12.5. The van der Waals surface area contributed by atoms with Crippen molar-refractivity contribution < 1.29 is 5.11 Å². The van der Waals surface area contributed by atoms with E-state index in [1.807, 2.05) is 0 Å². The van der Waals surface area contributed by atoms with Crippen LogP contribution in [0.3, 0.4) is 0 Å². The smallest absolute Gasteiger partial charge is 0.136 e. The lowest BCUT2D eigenvalue weighted by Gasteiger charge is -2.31. The first-order chi connectivity index (χ1) is 10.8. The summed E-state index contributed by atoms with van der Waals surface area (Å²) in [5.74, 6) is 0.999. The van der Waals surface area contributed by atoms with Gasteiger partial charge < -0.3 is 9.83 Å². The van der Waals surface area contributed by atoms with Gasteiger partial charge in [0.25, 0.3) is 0 Å². The number of piperidine rings is 1. The second kappa shape index (κ2) is 7.51. The van der Waals surface area contributed by atoms with Crippen molar-refractivity contribution >= 4 is 17.8 Å². The maximum Gasteiger partial charge on any atom is 0.136 e. The van der Waals surface area contributed by atoms with Crippen LogP contribution in [0.25, 0.3) is 0 Å². The van der Waals surface area contributed by atoms with E-state index in [1.54, 1.807) is 24.1 Å². The van der Waals surface area contributed by atoms with Crippen LogP contribution in [0.5, 0.6) is 5.75 Å². The number of benzene rings is 1. The van der Waals surface area contributed by atoms with Gasteiger partial charge in [-0.15, -0.1) is 0 Å². The van der Waals surface area contributed by atoms with Crippen LogP contribution in [0.1, 0.15) is 18.4 Å². The fourth-order valence-corrected chi connectivity index (χ4v) is 3.47. The highest BCUT2D eigenvalue weighted by molar-refractivity contribution is 8.01. The predicted octanol–water partition coefficient (Wildman–Crippen LogP) is 3.51. The minimum absolute atomic E-state index is 0.199. The van der Waals surface area contributed by atoms with Crippen molar-refractivity contribution in [1.82, 2.24) is 9.88 Å². The van der Waals surface area contributed by atoms with Gasteiger partial charge in [-0.05, 0) is 55.6 Å². The third-order valence-electron chi connectivity index (χ3n) is 3.86. The van der Waals surface area contributed by atoms with Gasteiger partial charge in [-0.1, -0.05) is 30.3 Å². The highest BCUT2D eigenvalue weighted by Gasteiger charge is 2.19. The number of anilines is 1. The molecule has 22 heavy (non-hydrogen) atoms. The summed E-state index contributed by atoms with van der Waals surface area (Å²) in [6, 6.07) is 14.1. The lowest BCUT2D eigenvalue weighted by molar-refractivity contribution is 0.225. The largest absolute Gasteiger partial charge is 0.506 e. The van der Waals surface area contributed by atoms with Gasteiger partial charge in [0.15, 0.2) is 0 Å². The molecule has 1 aromatic heterocycles. The number of nitrogens with zero attached hydrogens (tertiary/aromatic N) is 2. The van der Waals surface area contributed by atoms with Crippen LogP contribution in [0.4, 0.5) is 5.82 Å². The van der Waals surface area contributed by atoms with Gasteiger partial charge in [-0.3, -0.25) is 4.90 Å². The Morgan fingerprint density at radius 2 is 1.91 bits per heavy atom. The normalized spacial score (nSPS) is 16.5. The third kappa shape index (κ3) is 4.39. The maximum absolute atomic E-state index is 9.22. The molecular weight excluding hydrogens is 294 g/mol. The molecule has 2 aromatic rings. The van der Waals surface area contributed by atoms with Crippen LogP contribution >= 0.6 is 11.9 Å². The SMILES string of the molecule is Oc1ccc(NSC2CCN(Cc3ccccc3)CC2)nc1. The van der Waals surface area contributed by atoms with Gasteiger partial charge in [-0.25, -0.2) is 4.98 Å². The van der Waals surface area contributed by atoms with Gasteiger partial charge >= 0.3 is 0 Å². The molecule has 0 atom stereocenters. The van der Waals surface area contributed by atoms with Crippen LogP contribution < -0.4 is 4.72 Å². The van der Waals surface area contributed by atoms with E-state index in [9.17, 15) is 5.11 Å². The molecule has 4 nitrogen and oxygen atoms in total. The Labute approximate surface area is 135 Å². The molecule has 5 heteroatoms. The zero-order chi connectivity index (χ0) is 15.2. The van der Waals surface area contributed by atoms with Crippen molar-refractivity contribution in [2.24, 2.45) is 0 Å². The van der Waals surface area contributed by atoms with Crippen molar-refractivity contribution in [2.75, 3.05) is 17.8 Å². The van der Waals surface area contributed by atoms with E-state index in [4.69, 9.17) is 0 Å². The molecule has 0 bridgehead atoms. The molecule has 2 heterocycles. The van der Waals surface area contributed by atoms with Crippen molar-refractivity contribution in [3.63, 3.8) is 0 Å². The van der Waals surface area contributed by atoms with Gasteiger partial charge in [0.1, 0.15) is 11.6 Å². The molecule has 0 unspecified atom stereocenters. The summed E-state index contributed by atoms with van der Waals surface area (Å²) in [6.07, 6.45) is 3.83. The Morgan fingerprint density at radius 1 is 1.14 bits per heavy atom. The summed E-state index contributed by atoms with van der Waals surface area (Å²) in [5, 5.41) is 9.83. The highest BCUT2D eigenvalue weighted by atomic mass is 32.2. The monoisotopic (exact) mass is 315 g/mol. The topological polar surface area (TPSA) is 48.4 Å². The standard InChI is InChI=1S/C17H21N3OS/c21-15-6-7-17(18-12-15)19-22-16-8-10-20(11-9-16)13-14-4-2-1-3-5-14/h1-7,12,16,21H,8-11,13H2,(H,18,19). The summed E-state index contributed by atoms with van der Waals surface area (Å²) in [4.78, 5) is 6.66. The fourth-order valence-electron chi connectivity index (χ4n) is 2.62. The minimum atomic E-state index is 0.199. The molecule has 0 aliphatic carbocycles. The molecule has 2 N–H and O–H groups in total. The second-order valence-corrected chi connectivity index (χ2v) is 6.69. The van der Waals surface area contributed by atoms with E-state index in [1.165, 1.54) is 24.6 Å².